The van der Waals surface area contributed by atoms with Crippen molar-refractivity contribution >= 4 is 0 Å². The van der Waals surface area contributed by atoms with Crippen LogP contribution >= 0.6 is 0 Å². The highest BCUT2D eigenvalue weighted by Gasteiger charge is 2.26. The third kappa shape index (κ3) is 2.13. The SMILES string of the molecule is CC1CCn2c(cnc2C2CCCN(C)C2)C1. The molecule has 0 aromatic carbocycles. The molecule has 1 aromatic heterocycles. The van der Waals surface area contributed by atoms with E-state index in [4.69, 9.17) is 4.98 Å². The second-order valence-electron chi connectivity index (χ2n) is 5.96. The quantitative estimate of drug-likeness (QED) is 0.742. The van der Waals surface area contributed by atoms with Crippen LogP contribution in [-0.4, -0.2) is 34.6 Å². The predicted molar refractivity (Wildman–Crippen MR) is 69.2 cm³/mol. The molecule has 17 heavy (non-hydrogen) atoms. The van der Waals surface area contributed by atoms with E-state index in [1.807, 2.05) is 0 Å². The zero-order valence-corrected chi connectivity index (χ0v) is 11.0. The summed E-state index contributed by atoms with van der Waals surface area (Å²) in [6.45, 7) is 5.98. The van der Waals surface area contributed by atoms with E-state index in [0.29, 0.717) is 5.92 Å². The lowest BCUT2D eigenvalue weighted by molar-refractivity contribution is 0.240. The lowest BCUT2D eigenvalue weighted by Gasteiger charge is -2.31. The Labute approximate surface area is 104 Å². The van der Waals surface area contributed by atoms with Crippen LogP contribution in [0, 0.1) is 5.92 Å². The van der Waals surface area contributed by atoms with Crippen LogP contribution in [0.4, 0.5) is 0 Å². The van der Waals surface area contributed by atoms with Gasteiger partial charge in [-0.1, -0.05) is 6.92 Å². The van der Waals surface area contributed by atoms with Gasteiger partial charge < -0.3 is 9.47 Å². The third-order valence-electron chi connectivity index (χ3n) is 4.36. The number of hydrogen-bond donors (Lipinski definition) is 0. The van der Waals surface area contributed by atoms with Gasteiger partial charge in [-0.15, -0.1) is 0 Å². The predicted octanol–water partition coefficient (Wildman–Crippen LogP) is 2.27. The standard InChI is InChI=1S/C14H23N3/c1-11-5-7-17-13(8-11)9-15-14(17)12-4-3-6-16(2)10-12/h9,11-12H,3-8,10H2,1-2H3. The summed E-state index contributed by atoms with van der Waals surface area (Å²) in [5.41, 5.74) is 1.46. The van der Waals surface area contributed by atoms with Crippen molar-refractivity contribution in [2.45, 2.75) is 45.1 Å². The maximum atomic E-state index is 4.73. The summed E-state index contributed by atoms with van der Waals surface area (Å²) in [4.78, 5) is 7.17. The molecule has 0 aliphatic carbocycles. The molecule has 3 heteroatoms. The van der Waals surface area contributed by atoms with Gasteiger partial charge in [0, 0.05) is 30.9 Å². The number of hydrogen-bond acceptors (Lipinski definition) is 2. The highest BCUT2D eigenvalue weighted by molar-refractivity contribution is 5.13. The monoisotopic (exact) mass is 233 g/mol. The van der Waals surface area contributed by atoms with Crippen molar-refractivity contribution in [1.82, 2.24) is 14.5 Å². The first kappa shape index (κ1) is 11.3. The molecular formula is C14H23N3. The Morgan fingerprint density at radius 2 is 2.18 bits per heavy atom. The summed E-state index contributed by atoms with van der Waals surface area (Å²) in [5.74, 6) is 2.86. The Bertz CT molecular complexity index is 396. The van der Waals surface area contributed by atoms with Crippen LogP contribution in [0.5, 0.6) is 0 Å². The van der Waals surface area contributed by atoms with Gasteiger partial charge in [-0.2, -0.15) is 0 Å². The summed E-state index contributed by atoms with van der Waals surface area (Å²) in [5, 5.41) is 0. The highest BCUT2D eigenvalue weighted by Crippen LogP contribution is 2.29. The zero-order chi connectivity index (χ0) is 11.8. The summed E-state index contributed by atoms with van der Waals surface area (Å²) >= 11 is 0. The van der Waals surface area contributed by atoms with Crippen LogP contribution in [0.1, 0.15) is 43.6 Å². The number of fused-ring (bicyclic) bond motifs is 1. The number of nitrogens with zero attached hydrogens (tertiary/aromatic N) is 3. The van der Waals surface area contributed by atoms with Crippen molar-refractivity contribution in [3.05, 3.63) is 17.7 Å². The summed E-state index contributed by atoms with van der Waals surface area (Å²) in [6, 6.07) is 0. The molecule has 0 N–H and O–H groups in total. The number of aromatic nitrogens is 2. The molecule has 0 amide bonds. The minimum atomic E-state index is 0.663. The molecular weight excluding hydrogens is 210 g/mol. The zero-order valence-electron chi connectivity index (χ0n) is 11.0. The van der Waals surface area contributed by atoms with E-state index in [1.54, 1.807) is 0 Å². The average molecular weight is 233 g/mol. The second-order valence-corrected chi connectivity index (χ2v) is 5.96. The van der Waals surface area contributed by atoms with Gasteiger partial charge >= 0.3 is 0 Å². The van der Waals surface area contributed by atoms with E-state index in [9.17, 15) is 0 Å². The van der Waals surface area contributed by atoms with Gasteiger partial charge in [0.2, 0.25) is 0 Å². The first-order chi connectivity index (χ1) is 8.24. The molecule has 1 saturated heterocycles. The van der Waals surface area contributed by atoms with Crippen LogP contribution in [0.3, 0.4) is 0 Å². The van der Waals surface area contributed by atoms with E-state index in [-0.39, 0.29) is 0 Å². The smallest absolute Gasteiger partial charge is 0.113 e. The van der Waals surface area contributed by atoms with Crippen LogP contribution in [0.25, 0.3) is 0 Å². The number of rotatable bonds is 1. The molecule has 1 fully saturated rings. The van der Waals surface area contributed by atoms with Crippen molar-refractivity contribution in [3.8, 4) is 0 Å². The van der Waals surface area contributed by atoms with Gasteiger partial charge in [0.05, 0.1) is 0 Å². The van der Waals surface area contributed by atoms with Crippen molar-refractivity contribution in [3.63, 3.8) is 0 Å². The number of imidazole rings is 1. The molecule has 0 saturated carbocycles. The second kappa shape index (κ2) is 4.45. The minimum Gasteiger partial charge on any atom is -0.332 e. The Kier molecular flexibility index (Phi) is 2.95. The summed E-state index contributed by atoms with van der Waals surface area (Å²) in [7, 11) is 2.23. The normalized spacial score (nSPS) is 30.2. The molecule has 94 valence electrons. The van der Waals surface area contributed by atoms with Crippen molar-refractivity contribution in [2.24, 2.45) is 5.92 Å². The molecule has 0 radical (unpaired) electrons. The maximum Gasteiger partial charge on any atom is 0.113 e. The number of likely N-dealkylation sites (tertiary alicyclic amines) is 1. The van der Waals surface area contributed by atoms with E-state index in [1.165, 1.54) is 56.8 Å². The molecule has 0 spiro atoms. The van der Waals surface area contributed by atoms with Gasteiger partial charge in [-0.3, -0.25) is 0 Å². The Hall–Kier alpha value is -0.830. The van der Waals surface area contributed by atoms with Gasteiger partial charge in [0.15, 0.2) is 0 Å². The minimum absolute atomic E-state index is 0.663. The van der Waals surface area contributed by atoms with Crippen LogP contribution in [-0.2, 0) is 13.0 Å². The van der Waals surface area contributed by atoms with Gasteiger partial charge in [0.25, 0.3) is 0 Å². The van der Waals surface area contributed by atoms with Crippen LogP contribution in [0.2, 0.25) is 0 Å². The Morgan fingerprint density at radius 3 is 3.00 bits per heavy atom. The van der Waals surface area contributed by atoms with Crippen LogP contribution in [0.15, 0.2) is 6.20 Å². The van der Waals surface area contributed by atoms with E-state index >= 15 is 0 Å². The first-order valence-electron chi connectivity index (χ1n) is 6.97. The Morgan fingerprint density at radius 1 is 1.29 bits per heavy atom. The van der Waals surface area contributed by atoms with E-state index in [0.717, 1.165) is 5.92 Å². The lowest BCUT2D eigenvalue weighted by Crippen LogP contribution is -2.32. The fourth-order valence-corrected chi connectivity index (χ4v) is 3.36. The maximum absolute atomic E-state index is 4.73. The average Bonchev–Trinajstić information content (AvgIpc) is 2.71. The van der Waals surface area contributed by atoms with Crippen molar-refractivity contribution in [2.75, 3.05) is 20.1 Å². The molecule has 1 aromatic rings. The van der Waals surface area contributed by atoms with Gasteiger partial charge in [-0.25, -0.2) is 4.98 Å². The molecule has 2 aliphatic heterocycles. The number of piperidine rings is 1. The Balaban J connectivity index is 1.84. The number of likely N-dealkylation sites (N-methyl/N-ethyl adjacent to an activating group) is 1. The van der Waals surface area contributed by atoms with Crippen molar-refractivity contribution < 1.29 is 0 Å². The van der Waals surface area contributed by atoms with Crippen molar-refractivity contribution in [1.29, 1.82) is 0 Å². The highest BCUT2D eigenvalue weighted by atomic mass is 15.1. The van der Waals surface area contributed by atoms with Crippen LogP contribution < -0.4 is 0 Å². The topological polar surface area (TPSA) is 21.1 Å². The third-order valence-corrected chi connectivity index (χ3v) is 4.36. The molecule has 3 nitrogen and oxygen atoms in total. The summed E-state index contributed by atoms with van der Waals surface area (Å²) < 4.78 is 2.50. The molecule has 3 heterocycles. The van der Waals surface area contributed by atoms with Gasteiger partial charge in [0.1, 0.15) is 5.82 Å². The van der Waals surface area contributed by atoms with Gasteiger partial charge in [-0.05, 0) is 45.2 Å². The first-order valence-corrected chi connectivity index (χ1v) is 6.97. The molecule has 2 aliphatic rings. The fraction of sp³-hybridized carbons (Fsp3) is 0.786. The molecule has 3 rings (SSSR count). The molecule has 2 atom stereocenters. The lowest BCUT2D eigenvalue weighted by atomic mass is 9.95. The largest absolute Gasteiger partial charge is 0.332 e. The van der Waals surface area contributed by atoms with E-state index in [2.05, 4.69) is 29.6 Å². The fourth-order valence-electron chi connectivity index (χ4n) is 3.36. The molecule has 0 bridgehead atoms. The molecule has 2 unspecified atom stereocenters. The van der Waals surface area contributed by atoms with E-state index < -0.39 is 0 Å². The summed E-state index contributed by atoms with van der Waals surface area (Å²) in [6.07, 6.45) is 7.30.